The van der Waals surface area contributed by atoms with Crippen molar-refractivity contribution in [3.8, 4) is 0 Å². The average Bonchev–Trinajstić information content (AvgIpc) is 2.01. The van der Waals surface area contributed by atoms with Crippen molar-refractivity contribution in [1.82, 2.24) is 0 Å². The van der Waals surface area contributed by atoms with E-state index in [9.17, 15) is 5.11 Å². The maximum absolute atomic E-state index is 10.0. The van der Waals surface area contributed by atoms with Crippen LogP contribution >= 0.6 is 0 Å². The van der Waals surface area contributed by atoms with Crippen LogP contribution in [0.5, 0.6) is 0 Å². The first-order valence-corrected chi connectivity index (χ1v) is 5.02. The molecule has 1 aliphatic rings. The van der Waals surface area contributed by atoms with Crippen LogP contribution in [-0.2, 0) is 0 Å². The van der Waals surface area contributed by atoms with Gasteiger partial charge in [0.25, 0.3) is 0 Å². The molecule has 2 rings (SSSR count). The molecule has 13 heavy (non-hydrogen) atoms. The normalized spacial score (nSPS) is 19.5. The summed E-state index contributed by atoms with van der Waals surface area (Å²) in [6, 6.07) is 8.13. The van der Waals surface area contributed by atoms with E-state index in [0.29, 0.717) is 5.92 Å². The standard InChI is InChI=1S/C12H16O/c1-9-5-2-3-8-11(9)12(13)10-6-4-7-10/h2-3,5,8,10,12-13H,4,6-7H2,1H3. The molecule has 1 aliphatic carbocycles. The minimum absolute atomic E-state index is 0.227. The van der Waals surface area contributed by atoms with Crippen molar-refractivity contribution in [2.24, 2.45) is 5.92 Å². The molecule has 0 heterocycles. The lowest BCUT2D eigenvalue weighted by Crippen LogP contribution is -2.20. The predicted molar refractivity (Wildman–Crippen MR) is 53.5 cm³/mol. The maximum atomic E-state index is 10.0. The van der Waals surface area contributed by atoms with Crippen LogP contribution < -0.4 is 0 Å². The SMILES string of the molecule is Cc1ccccc1C(O)C1CCC1. The lowest BCUT2D eigenvalue weighted by molar-refractivity contribution is 0.0616. The Balaban J connectivity index is 2.18. The molecule has 0 spiro atoms. The minimum atomic E-state index is -0.227. The molecule has 1 N–H and O–H groups in total. The summed E-state index contributed by atoms with van der Waals surface area (Å²) in [5.74, 6) is 0.515. The van der Waals surface area contributed by atoms with Crippen molar-refractivity contribution in [3.05, 3.63) is 35.4 Å². The Morgan fingerprint density at radius 2 is 2.00 bits per heavy atom. The van der Waals surface area contributed by atoms with E-state index in [0.717, 1.165) is 5.56 Å². The van der Waals surface area contributed by atoms with Crippen molar-refractivity contribution in [3.63, 3.8) is 0 Å². The molecule has 1 aromatic carbocycles. The number of aryl methyl sites for hydroxylation is 1. The molecule has 0 radical (unpaired) electrons. The van der Waals surface area contributed by atoms with E-state index in [1.165, 1.54) is 24.8 Å². The van der Waals surface area contributed by atoms with Gasteiger partial charge in [0.15, 0.2) is 0 Å². The molecular formula is C12H16O. The highest BCUT2D eigenvalue weighted by atomic mass is 16.3. The second-order valence-corrected chi connectivity index (χ2v) is 3.99. The summed E-state index contributed by atoms with van der Waals surface area (Å²) in [6.07, 6.45) is 3.44. The second-order valence-electron chi connectivity index (χ2n) is 3.99. The van der Waals surface area contributed by atoms with E-state index >= 15 is 0 Å². The molecule has 0 aliphatic heterocycles. The molecule has 70 valence electrons. The van der Waals surface area contributed by atoms with Gasteiger partial charge in [0, 0.05) is 0 Å². The fourth-order valence-electron chi connectivity index (χ4n) is 1.93. The van der Waals surface area contributed by atoms with Crippen LogP contribution in [0.25, 0.3) is 0 Å². The number of aliphatic hydroxyl groups excluding tert-OH is 1. The zero-order chi connectivity index (χ0) is 9.26. The van der Waals surface area contributed by atoms with Crippen LogP contribution in [0.1, 0.15) is 36.5 Å². The van der Waals surface area contributed by atoms with Gasteiger partial charge in [-0.25, -0.2) is 0 Å². The van der Waals surface area contributed by atoms with Crippen LogP contribution in [0.15, 0.2) is 24.3 Å². The minimum Gasteiger partial charge on any atom is -0.388 e. The van der Waals surface area contributed by atoms with E-state index in [-0.39, 0.29) is 6.10 Å². The van der Waals surface area contributed by atoms with E-state index in [1.807, 2.05) is 18.2 Å². The summed E-state index contributed by atoms with van der Waals surface area (Å²) in [6.45, 7) is 2.07. The van der Waals surface area contributed by atoms with E-state index < -0.39 is 0 Å². The van der Waals surface area contributed by atoms with Gasteiger partial charge in [0.2, 0.25) is 0 Å². The quantitative estimate of drug-likeness (QED) is 0.734. The van der Waals surface area contributed by atoms with Crippen molar-refractivity contribution < 1.29 is 5.11 Å². The summed E-state index contributed by atoms with van der Waals surface area (Å²) in [5, 5.41) is 10.0. The molecule has 1 atom stereocenters. The fraction of sp³-hybridized carbons (Fsp3) is 0.500. The third kappa shape index (κ3) is 1.61. The van der Waals surface area contributed by atoms with Gasteiger partial charge in [-0.05, 0) is 36.8 Å². The Morgan fingerprint density at radius 3 is 2.54 bits per heavy atom. The van der Waals surface area contributed by atoms with Crippen LogP contribution in [0.2, 0.25) is 0 Å². The van der Waals surface area contributed by atoms with Crippen molar-refractivity contribution in [2.45, 2.75) is 32.3 Å². The van der Waals surface area contributed by atoms with Crippen LogP contribution in [-0.4, -0.2) is 5.11 Å². The van der Waals surface area contributed by atoms with Crippen LogP contribution in [0.4, 0.5) is 0 Å². The number of rotatable bonds is 2. The lowest BCUT2D eigenvalue weighted by Gasteiger charge is -2.31. The van der Waals surface area contributed by atoms with Gasteiger partial charge < -0.3 is 5.11 Å². The topological polar surface area (TPSA) is 20.2 Å². The average molecular weight is 176 g/mol. The van der Waals surface area contributed by atoms with Gasteiger partial charge in [-0.15, -0.1) is 0 Å². The van der Waals surface area contributed by atoms with Gasteiger partial charge in [-0.1, -0.05) is 30.7 Å². The monoisotopic (exact) mass is 176 g/mol. The first-order chi connectivity index (χ1) is 6.29. The lowest BCUT2D eigenvalue weighted by atomic mass is 9.78. The number of hydrogen-bond acceptors (Lipinski definition) is 1. The highest BCUT2D eigenvalue weighted by Crippen LogP contribution is 2.38. The molecule has 1 fully saturated rings. The smallest absolute Gasteiger partial charge is 0.0820 e. The largest absolute Gasteiger partial charge is 0.388 e. The molecule has 0 saturated heterocycles. The molecule has 1 unspecified atom stereocenters. The molecule has 0 aromatic heterocycles. The van der Waals surface area contributed by atoms with Crippen LogP contribution in [0, 0.1) is 12.8 Å². The van der Waals surface area contributed by atoms with Crippen LogP contribution in [0.3, 0.4) is 0 Å². The molecule has 1 saturated carbocycles. The Kier molecular flexibility index (Phi) is 2.36. The Morgan fingerprint density at radius 1 is 1.31 bits per heavy atom. The number of benzene rings is 1. The summed E-state index contributed by atoms with van der Waals surface area (Å²) in [4.78, 5) is 0. The molecular weight excluding hydrogens is 160 g/mol. The highest BCUT2D eigenvalue weighted by molar-refractivity contribution is 5.28. The van der Waals surface area contributed by atoms with Gasteiger partial charge in [-0.3, -0.25) is 0 Å². The number of hydrogen-bond donors (Lipinski definition) is 1. The Hall–Kier alpha value is -0.820. The molecule has 1 aromatic rings. The highest BCUT2D eigenvalue weighted by Gasteiger charge is 2.27. The molecule has 0 amide bonds. The van der Waals surface area contributed by atoms with Gasteiger partial charge in [0.1, 0.15) is 0 Å². The van der Waals surface area contributed by atoms with Gasteiger partial charge in [-0.2, -0.15) is 0 Å². The van der Waals surface area contributed by atoms with E-state index in [1.54, 1.807) is 0 Å². The summed E-state index contributed by atoms with van der Waals surface area (Å²) in [7, 11) is 0. The van der Waals surface area contributed by atoms with E-state index in [2.05, 4.69) is 13.0 Å². The first-order valence-electron chi connectivity index (χ1n) is 5.02. The molecule has 0 bridgehead atoms. The van der Waals surface area contributed by atoms with Gasteiger partial charge >= 0.3 is 0 Å². The molecule has 1 nitrogen and oxygen atoms in total. The zero-order valence-electron chi connectivity index (χ0n) is 8.03. The zero-order valence-corrected chi connectivity index (χ0v) is 8.03. The molecule has 1 heteroatoms. The third-order valence-electron chi connectivity index (χ3n) is 3.10. The van der Waals surface area contributed by atoms with Crippen molar-refractivity contribution in [2.75, 3.05) is 0 Å². The summed E-state index contributed by atoms with van der Waals surface area (Å²) < 4.78 is 0. The van der Waals surface area contributed by atoms with Gasteiger partial charge in [0.05, 0.1) is 6.10 Å². The summed E-state index contributed by atoms with van der Waals surface area (Å²) >= 11 is 0. The Bertz CT molecular complexity index is 289. The fourth-order valence-corrected chi connectivity index (χ4v) is 1.93. The third-order valence-corrected chi connectivity index (χ3v) is 3.10. The first kappa shape index (κ1) is 8.76. The second kappa shape index (κ2) is 3.51. The maximum Gasteiger partial charge on any atom is 0.0820 e. The van der Waals surface area contributed by atoms with Crippen molar-refractivity contribution >= 4 is 0 Å². The predicted octanol–water partition coefficient (Wildman–Crippen LogP) is 2.83. The van der Waals surface area contributed by atoms with E-state index in [4.69, 9.17) is 0 Å². The Labute approximate surface area is 79.4 Å². The van der Waals surface area contributed by atoms with Crippen molar-refractivity contribution in [1.29, 1.82) is 0 Å². The summed E-state index contributed by atoms with van der Waals surface area (Å²) in [5.41, 5.74) is 2.33. The number of aliphatic hydroxyl groups is 1.